The zero-order valence-electron chi connectivity index (χ0n) is 18.5. The molecular formula is C28H32N2O. The Morgan fingerprint density at radius 2 is 1.68 bits per heavy atom. The minimum absolute atomic E-state index is 0.00983. The number of nitrogens with zero attached hydrogens (tertiary/aromatic N) is 1. The van der Waals surface area contributed by atoms with E-state index < -0.39 is 0 Å². The first kappa shape index (κ1) is 21.3. The molecule has 31 heavy (non-hydrogen) atoms. The second-order valence-electron chi connectivity index (χ2n) is 8.86. The van der Waals surface area contributed by atoms with E-state index >= 15 is 0 Å². The van der Waals surface area contributed by atoms with Gasteiger partial charge < -0.3 is 5.32 Å². The number of aryl methyl sites for hydroxylation is 1. The molecule has 4 rings (SSSR count). The molecule has 1 aliphatic heterocycles. The molecule has 1 heterocycles. The molecule has 3 nitrogen and oxygen atoms in total. The largest absolute Gasteiger partial charge is 0.349 e. The molecule has 0 unspecified atom stereocenters. The average Bonchev–Trinajstić information content (AvgIpc) is 2.80. The van der Waals surface area contributed by atoms with Crippen LogP contribution in [0.4, 0.5) is 0 Å². The van der Waals surface area contributed by atoms with Gasteiger partial charge in [0.15, 0.2) is 0 Å². The van der Waals surface area contributed by atoms with Gasteiger partial charge in [-0.25, -0.2) is 0 Å². The van der Waals surface area contributed by atoms with Crippen molar-refractivity contribution in [2.24, 2.45) is 5.92 Å². The fourth-order valence-electron chi connectivity index (χ4n) is 4.67. The number of amides is 1. The van der Waals surface area contributed by atoms with Crippen molar-refractivity contribution < 1.29 is 4.79 Å². The molecule has 0 bridgehead atoms. The summed E-state index contributed by atoms with van der Waals surface area (Å²) in [6.07, 6.45) is 0.891. The Kier molecular flexibility index (Phi) is 6.83. The maximum Gasteiger partial charge on any atom is 0.224 e. The van der Waals surface area contributed by atoms with E-state index in [1.54, 1.807) is 0 Å². The number of rotatable bonds is 6. The van der Waals surface area contributed by atoms with Gasteiger partial charge in [-0.05, 0) is 42.9 Å². The first-order chi connectivity index (χ1) is 15.1. The minimum Gasteiger partial charge on any atom is -0.349 e. The van der Waals surface area contributed by atoms with Crippen LogP contribution in [0.2, 0.25) is 0 Å². The molecule has 0 aliphatic carbocycles. The van der Waals surface area contributed by atoms with Crippen molar-refractivity contribution in [3.05, 3.63) is 107 Å². The third-order valence-corrected chi connectivity index (χ3v) is 6.32. The van der Waals surface area contributed by atoms with Crippen molar-refractivity contribution >= 4 is 5.91 Å². The number of benzene rings is 3. The summed E-state index contributed by atoms with van der Waals surface area (Å²) >= 11 is 0. The Balaban J connectivity index is 1.51. The van der Waals surface area contributed by atoms with Gasteiger partial charge >= 0.3 is 0 Å². The van der Waals surface area contributed by atoms with Crippen molar-refractivity contribution in [2.45, 2.75) is 38.8 Å². The molecule has 3 aromatic carbocycles. The first-order valence-electron chi connectivity index (χ1n) is 11.3. The Bertz CT molecular complexity index is 986. The van der Waals surface area contributed by atoms with Crippen LogP contribution in [0.25, 0.3) is 0 Å². The highest BCUT2D eigenvalue weighted by Gasteiger charge is 2.33. The lowest BCUT2D eigenvalue weighted by Gasteiger charge is -2.38. The summed E-state index contributed by atoms with van der Waals surface area (Å²) in [7, 11) is 0. The lowest BCUT2D eigenvalue weighted by Crippen LogP contribution is -2.45. The summed E-state index contributed by atoms with van der Waals surface area (Å²) in [5.74, 6) is 0.501. The van der Waals surface area contributed by atoms with E-state index in [2.05, 4.69) is 90.8 Å². The number of nitrogens with one attached hydrogen (secondary N) is 1. The smallest absolute Gasteiger partial charge is 0.224 e. The Morgan fingerprint density at radius 3 is 2.39 bits per heavy atom. The summed E-state index contributed by atoms with van der Waals surface area (Å²) < 4.78 is 0. The monoisotopic (exact) mass is 412 g/mol. The normalized spacial score (nSPS) is 20.2. The Hall–Kier alpha value is -2.91. The maximum atomic E-state index is 13.3. The van der Waals surface area contributed by atoms with Crippen molar-refractivity contribution in [3.63, 3.8) is 0 Å². The van der Waals surface area contributed by atoms with Crippen LogP contribution in [0.15, 0.2) is 84.9 Å². The number of piperidine rings is 1. The van der Waals surface area contributed by atoms with Gasteiger partial charge in [-0.3, -0.25) is 9.69 Å². The third kappa shape index (κ3) is 5.62. The molecule has 1 saturated heterocycles. The fourth-order valence-corrected chi connectivity index (χ4v) is 4.67. The summed E-state index contributed by atoms with van der Waals surface area (Å²) in [5, 5.41) is 3.27. The van der Waals surface area contributed by atoms with Crippen LogP contribution >= 0.6 is 0 Å². The number of hydrogen-bond acceptors (Lipinski definition) is 2. The van der Waals surface area contributed by atoms with Crippen molar-refractivity contribution in [3.8, 4) is 0 Å². The molecule has 0 aromatic heterocycles. The molecule has 1 amide bonds. The van der Waals surface area contributed by atoms with Gasteiger partial charge in [0.05, 0.1) is 12.0 Å². The number of likely N-dealkylation sites (tertiary alicyclic amines) is 1. The predicted octanol–water partition coefficient (Wildman–Crippen LogP) is 5.48. The highest BCUT2D eigenvalue weighted by atomic mass is 16.2. The topological polar surface area (TPSA) is 32.3 Å². The maximum absolute atomic E-state index is 13.3. The number of carbonyl (C=O) groups excluding carboxylic acids is 1. The molecule has 0 spiro atoms. The Labute approximate surface area is 186 Å². The molecule has 1 N–H and O–H groups in total. The highest BCUT2D eigenvalue weighted by molar-refractivity contribution is 5.79. The standard InChI is InChI=1S/C28H32N2O/c1-21-10-9-15-25(16-21)26-17-27(20-30(19-26)18-23-11-5-3-6-12-23)28(31)29-22(2)24-13-7-4-8-14-24/h3-16,22,26-27H,17-20H2,1-2H3,(H,29,31)/t22-,26+,27-/m0/s1. The quantitative estimate of drug-likeness (QED) is 0.582. The van der Waals surface area contributed by atoms with Crippen LogP contribution in [0, 0.1) is 12.8 Å². The highest BCUT2D eigenvalue weighted by Crippen LogP contribution is 2.32. The number of carbonyl (C=O) groups is 1. The van der Waals surface area contributed by atoms with Gasteiger partial charge in [-0.15, -0.1) is 0 Å². The van der Waals surface area contributed by atoms with Crippen molar-refractivity contribution in [2.75, 3.05) is 13.1 Å². The van der Waals surface area contributed by atoms with E-state index in [0.717, 1.165) is 31.6 Å². The van der Waals surface area contributed by atoms with Crippen LogP contribution in [0.1, 0.15) is 47.6 Å². The van der Waals surface area contributed by atoms with Crippen LogP contribution in [0.3, 0.4) is 0 Å². The second-order valence-corrected chi connectivity index (χ2v) is 8.86. The fraction of sp³-hybridized carbons (Fsp3) is 0.321. The van der Waals surface area contributed by atoms with Gasteiger partial charge in [0.2, 0.25) is 5.91 Å². The molecule has 1 aliphatic rings. The van der Waals surface area contributed by atoms with Crippen molar-refractivity contribution in [1.82, 2.24) is 10.2 Å². The van der Waals surface area contributed by atoms with Crippen LogP contribution in [-0.2, 0) is 11.3 Å². The van der Waals surface area contributed by atoms with Crippen LogP contribution < -0.4 is 5.32 Å². The lowest BCUT2D eigenvalue weighted by atomic mass is 9.83. The summed E-state index contributed by atoms with van der Waals surface area (Å²) in [6.45, 7) is 6.86. The van der Waals surface area contributed by atoms with Gasteiger partial charge in [-0.2, -0.15) is 0 Å². The van der Waals surface area contributed by atoms with E-state index in [1.165, 1.54) is 16.7 Å². The Morgan fingerprint density at radius 1 is 0.968 bits per heavy atom. The number of hydrogen-bond donors (Lipinski definition) is 1. The molecule has 0 radical (unpaired) electrons. The summed E-state index contributed by atoms with van der Waals surface area (Å²) in [4.78, 5) is 15.7. The average molecular weight is 413 g/mol. The van der Waals surface area contributed by atoms with Gasteiger partial charge in [-0.1, -0.05) is 90.5 Å². The molecule has 3 atom stereocenters. The van der Waals surface area contributed by atoms with Gasteiger partial charge in [0.25, 0.3) is 0 Å². The van der Waals surface area contributed by atoms with E-state index in [-0.39, 0.29) is 17.9 Å². The van der Waals surface area contributed by atoms with Crippen LogP contribution in [-0.4, -0.2) is 23.9 Å². The molecule has 1 fully saturated rings. The summed E-state index contributed by atoms with van der Waals surface area (Å²) in [6, 6.07) is 29.5. The van der Waals surface area contributed by atoms with E-state index in [9.17, 15) is 4.79 Å². The first-order valence-corrected chi connectivity index (χ1v) is 11.3. The summed E-state index contributed by atoms with van der Waals surface area (Å²) in [5.41, 5.74) is 5.05. The van der Waals surface area contributed by atoms with Crippen molar-refractivity contribution in [1.29, 1.82) is 0 Å². The lowest BCUT2D eigenvalue weighted by molar-refractivity contribution is -0.127. The second kappa shape index (κ2) is 9.93. The van der Waals surface area contributed by atoms with Gasteiger partial charge in [0.1, 0.15) is 0 Å². The predicted molar refractivity (Wildman–Crippen MR) is 127 cm³/mol. The zero-order chi connectivity index (χ0) is 21.6. The SMILES string of the molecule is Cc1cccc([C@@H]2C[C@H](C(=O)N[C@@H](C)c3ccccc3)CN(Cc3ccccc3)C2)c1. The molecule has 0 saturated carbocycles. The molecule has 160 valence electrons. The molecular weight excluding hydrogens is 380 g/mol. The molecule has 3 heteroatoms. The van der Waals surface area contributed by atoms with E-state index in [1.807, 2.05) is 18.2 Å². The van der Waals surface area contributed by atoms with E-state index in [4.69, 9.17) is 0 Å². The molecule has 3 aromatic rings. The zero-order valence-corrected chi connectivity index (χ0v) is 18.5. The minimum atomic E-state index is -0.0193. The van der Waals surface area contributed by atoms with E-state index in [0.29, 0.717) is 5.92 Å². The van der Waals surface area contributed by atoms with Gasteiger partial charge in [0, 0.05) is 19.6 Å². The third-order valence-electron chi connectivity index (χ3n) is 6.32. The van der Waals surface area contributed by atoms with Crippen LogP contribution in [0.5, 0.6) is 0 Å².